The molecule has 2 aromatic heterocycles. The molecule has 4 N–H and O–H groups in total. The number of nitrogens with one attached hydrogen (secondary N) is 4. The lowest BCUT2D eigenvalue weighted by Crippen LogP contribution is -2.51. The maximum Gasteiger partial charge on any atom is 0.407 e. The van der Waals surface area contributed by atoms with Crippen molar-refractivity contribution in [1.82, 2.24) is 40.4 Å². The number of hydrogen-bond donors (Lipinski definition) is 4. The minimum atomic E-state index is -0.897. The summed E-state index contributed by atoms with van der Waals surface area (Å²) < 4.78 is 9.52. The van der Waals surface area contributed by atoms with Crippen molar-refractivity contribution in [2.75, 3.05) is 27.3 Å². The minimum absolute atomic E-state index is 0. The van der Waals surface area contributed by atoms with Gasteiger partial charge in [0.05, 0.1) is 44.4 Å². The van der Waals surface area contributed by atoms with Gasteiger partial charge in [-0.05, 0) is 72.6 Å². The van der Waals surface area contributed by atoms with E-state index in [9.17, 15) is 19.2 Å². The van der Waals surface area contributed by atoms with Crippen LogP contribution in [0.15, 0.2) is 67.0 Å². The molecule has 292 valence electrons. The van der Waals surface area contributed by atoms with E-state index in [0.29, 0.717) is 36.0 Å². The van der Waals surface area contributed by atoms with Crippen molar-refractivity contribution in [2.24, 2.45) is 5.92 Å². The Bertz CT molecular complexity index is 2130. The number of alkyl carbamates (subject to hydrolysis) is 2. The molecular formula is C41H45ClN8O6. The van der Waals surface area contributed by atoms with Crippen LogP contribution in [0.4, 0.5) is 9.59 Å². The van der Waals surface area contributed by atoms with Crippen LogP contribution in [0.2, 0.25) is 0 Å². The van der Waals surface area contributed by atoms with E-state index in [2.05, 4.69) is 54.3 Å². The lowest BCUT2D eigenvalue weighted by Gasteiger charge is -2.30. The highest BCUT2D eigenvalue weighted by molar-refractivity contribution is 5.88. The number of rotatable bonds is 9. The summed E-state index contributed by atoms with van der Waals surface area (Å²) in [5.41, 5.74) is 3.74. The SMILES string of the molecule is COC(=O)N[C@H](C(=O)N1CCC[C@H]1c1ncc(-c2ccc(C#CC#Cc3cnc([C@@H]4CCCN4C(=O)[C@H](NC(=O)OC)c4ccccc4)[nH]3)cc2)[nH]1)C(C)C.Cl. The highest BCUT2D eigenvalue weighted by Gasteiger charge is 2.38. The quantitative estimate of drug-likeness (QED) is 0.163. The van der Waals surface area contributed by atoms with Gasteiger partial charge >= 0.3 is 12.2 Å². The van der Waals surface area contributed by atoms with Crippen molar-refractivity contribution < 1.29 is 28.7 Å². The molecule has 0 aliphatic carbocycles. The second-order valence-corrected chi connectivity index (χ2v) is 13.7. The minimum Gasteiger partial charge on any atom is -0.453 e. The zero-order valence-corrected chi connectivity index (χ0v) is 32.4. The Morgan fingerprint density at radius 3 is 2.00 bits per heavy atom. The third-order valence-electron chi connectivity index (χ3n) is 9.78. The van der Waals surface area contributed by atoms with Crippen LogP contribution < -0.4 is 10.6 Å². The van der Waals surface area contributed by atoms with Crippen LogP contribution in [0.5, 0.6) is 0 Å². The average molecular weight is 781 g/mol. The van der Waals surface area contributed by atoms with Gasteiger partial charge in [0.25, 0.3) is 5.91 Å². The van der Waals surface area contributed by atoms with Gasteiger partial charge in [-0.25, -0.2) is 19.6 Å². The molecule has 4 heterocycles. The Balaban J connectivity index is 0.00000600. The number of likely N-dealkylation sites (tertiary alicyclic amines) is 2. The fourth-order valence-corrected chi connectivity index (χ4v) is 6.94. The monoisotopic (exact) mass is 780 g/mol. The Morgan fingerprint density at radius 1 is 0.768 bits per heavy atom. The van der Waals surface area contributed by atoms with E-state index in [4.69, 9.17) is 9.47 Å². The predicted molar refractivity (Wildman–Crippen MR) is 210 cm³/mol. The van der Waals surface area contributed by atoms with Gasteiger partial charge in [-0.3, -0.25) is 9.59 Å². The molecule has 4 atom stereocenters. The van der Waals surface area contributed by atoms with Crippen molar-refractivity contribution in [3.05, 3.63) is 95.5 Å². The number of halogens is 1. The van der Waals surface area contributed by atoms with Crippen molar-refractivity contribution in [3.63, 3.8) is 0 Å². The number of carbonyl (C=O) groups excluding carboxylic acids is 4. The molecule has 2 saturated heterocycles. The van der Waals surface area contributed by atoms with Crippen LogP contribution >= 0.6 is 12.4 Å². The number of ether oxygens (including phenoxy) is 2. The first-order chi connectivity index (χ1) is 26.7. The molecule has 15 heteroatoms. The summed E-state index contributed by atoms with van der Waals surface area (Å²) in [6, 6.07) is 14.7. The maximum atomic E-state index is 13.7. The lowest BCUT2D eigenvalue weighted by atomic mass is 10.0. The molecule has 0 saturated carbocycles. The number of carbonyl (C=O) groups is 4. The van der Waals surface area contributed by atoms with Gasteiger partial charge in [-0.15, -0.1) is 12.4 Å². The van der Waals surface area contributed by atoms with Crippen LogP contribution in [0.1, 0.15) is 86.1 Å². The Labute approximate surface area is 331 Å². The van der Waals surface area contributed by atoms with E-state index in [-0.39, 0.29) is 42.2 Å². The summed E-state index contributed by atoms with van der Waals surface area (Å²) in [5.74, 6) is 12.6. The zero-order valence-electron chi connectivity index (χ0n) is 31.6. The molecule has 2 fully saturated rings. The molecule has 2 aliphatic rings. The van der Waals surface area contributed by atoms with Crippen LogP contribution in [0.25, 0.3) is 11.3 Å². The van der Waals surface area contributed by atoms with E-state index >= 15 is 0 Å². The number of benzene rings is 2. The van der Waals surface area contributed by atoms with E-state index in [0.717, 1.165) is 42.5 Å². The van der Waals surface area contributed by atoms with Crippen molar-refractivity contribution >= 4 is 36.4 Å². The highest BCUT2D eigenvalue weighted by Crippen LogP contribution is 2.34. The summed E-state index contributed by atoms with van der Waals surface area (Å²) in [6.07, 6.45) is 5.17. The van der Waals surface area contributed by atoms with Gasteiger partial charge in [0, 0.05) is 18.7 Å². The predicted octanol–water partition coefficient (Wildman–Crippen LogP) is 5.43. The molecule has 14 nitrogen and oxygen atoms in total. The number of nitrogens with zero attached hydrogens (tertiary/aromatic N) is 4. The number of aromatic nitrogens is 4. The number of hydrogen-bond acceptors (Lipinski definition) is 8. The zero-order chi connectivity index (χ0) is 38.9. The Hall–Kier alpha value is -6.25. The number of imidazole rings is 2. The number of amides is 4. The summed E-state index contributed by atoms with van der Waals surface area (Å²) in [6.45, 7) is 4.88. The average Bonchev–Trinajstić information content (AvgIpc) is 4.04. The lowest BCUT2D eigenvalue weighted by molar-refractivity contribution is -0.135. The number of methoxy groups -OCH3 is 2. The molecule has 0 spiro atoms. The summed E-state index contributed by atoms with van der Waals surface area (Å²) in [5, 5.41) is 5.35. The largest absolute Gasteiger partial charge is 0.453 e. The molecular weight excluding hydrogens is 736 g/mol. The molecule has 56 heavy (non-hydrogen) atoms. The molecule has 4 aromatic rings. The molecule has 0 unspecified atom stereocenters. The van der Waals surface area contributed by atoms with Gasteiger partial charge < -0.3 is 39.9 Å². The number of aromatic amines is 2. The molecule has 4 amide bonds. The third kappa shape index (κ3) is 9.51. The van der Waals surface area contributed by atoms with Crippen LogP contribution in [0.3, 0.4) is 0 Å². The van der Waals surface area contributed by atoms with Gasteiger partial charge in [0.15, 0.2) is 0 Å². The molecule has 2 aliphatic heterocycles. The van der Waals surface area contributed by atoms with Crippen LogP contribution in [-0.4, -0.2) is 87.1 Å². The van der Waals surface area contributed by atoms with E-state index in [1.54, 1.807) is 34.3 Å². The Morgan fingerprint density at radius 2 is 1.36 bits per heavy atom. The Kier molecular flexibility index (Phi) is 13.8. The van der Waals surface area contributed by atoms with Crippen molar-refractivity contribution in [2.45, 2.75) is 63.7 Å². The van der Waals surface area contributed by atoms with Gasteiger partial charge in [-0.1, -0.05) is 62.2 Å². The first kappa shape index (κ1) is 40.9. The fraction of sp³-hybridized carbons (Fsp3) is 0.366. The summed E-state index contributed by atoms with van der Waals surface area (Å²) >= 11 is 0. The topological polar surface area (TPSA) is 175 Å². The maximum absolute atomic E-state index is 13.7. The molecule has 2 aromatic carbocycles. The number of H-pyrrole nitrogens is 2. The molecule has 0 radical (unpaired) electrons. The third-order valence-corrected chi connectivity index (χ3v) is 9.78. The van der Waals surface area contributed by atoms with Gasteiger partial charge in [-0.2, -0.15) is 0 Å². The fourth-order valence-electron chi connectivity index (χ4n) is 6.94. The normalized spacial score (nSPS) is 17.0. The van der Waals surface area contributed by atoms with Crippen molar-refractivity contribution in [3.8, 4) is 34.9 Å². The van der Waals surface area contributed by atoms with Crippen LogP contribution in [0, 0.1) is 29.6 Å². The first-order valence-electron chi connectivity index (χ1n) is 18.2. The molecule has 0 bridgehead atoms. The van der Waals surface area contributed by atoms with Crippen LogP contribution in [-0.2, 0) is 19.1 Å². The highest BCUT2D eigenvalue weighted by atomic mass is 35.5. The summed E-state index contributed by atoms with van der Waals surface area (Å²) in [7, 11) is 2.54. The second-order valence-electron chi connectivity index (χ2n) is 13.7. The molecule has 6 rings (SSSR count). The standard InChI is InChI=1S/C41H44N8O6.ClH/c1-26(2)34(46-40(52)54-3)38(50)48-22-11-17-33(48)37-43-25-31(45-37)28-20-18-27(19-21-28)12-8-9-15-30-24-42-36(44-30)32-16-10-23-49(32)39(51)35(47-41(53)55-4)29-13-6-5-7-14-29;/h5-7,13-14,18-21,24-26,32-35H,10-11,16-17,22-23H2,1-4H3,(H,42,44)(H,43,45)(H,46,52)(H,47,53);1H/t32-,33-,34-,35+;/m0./s1. The summed E-state index contributed by atoms with van der Waals surface area (Å²) in [4.78, 5) is 70.5. The van der Waals surface area contributed by atoms with Gasteiger partial charge in [0.2, 0.25) is 5.91 Å². The van der Waals surface area contributed by atoms with E-state index < -0.39 is 24.3 Å². The smallest absolute Gasteiger partial charge is 0.407 e. The van der Waals surface area contributed by atoms with E-state index in [1.807, 2.05) is 56.3 Å². The van der Waals surface area contributed by atoms with E-state index in [1.165, 1.54) is 14.2 Å². The van der Waals surface area contributed by atoms with Gasteiger partial charge in [0.1, 0.15) is 29.4 Å². The second kappa shape index (κ2) is 18.9. The van der Waals surface area contributed by atoms with Crippen molar-refractivity contribution in [1.29, 1.82) is 0 Å². The first-order valence-corrected chi connectivity index (χ1v) is 18.2.